The molecule has 0 aliphatic heterocycles. The molecule has 6 rings (SSSR count). The molecule has 6 heteroatoms. The number of nitrogen functional groups attached to an aromatic ring is 1. The zero-order valence-electron chi connectivity index (χ0n) is 17.1. The Hall–Kier alpha value is -4.16. The van der Waals surface area contributed by atoms with Gasteiger partial charge in [-0.05, 0) is 48.5 Å². The van der Waals surface area contributed by atoms with Crippen LogP contribution in [0.15, 0.2) is 97.1 Å². The number of benzene rings is 4. The summed E-state index contributed by atoms with van der Waals surface area (Å²) in [6, 6.07) is 30.9. The summed E-state index contributed by atoms with van der Waals surface area (Å²) >= 11 is 1.59. The third kappa shape index (κ3) is 3.91. The largest absolute Gasteiger partial charge is 0.507 e. The van der Waals surface area contributed by atoms with Crippen molar-refractivity contribution >= 4 is 38.3 Å². The van der Waals surface area contributed by atoms with Crippen molar-refractivity contribution in [1.82, 2.24) is 15.0 Å². The second-order valence-electron chi connectivity index (χ2n) is 7.19. The molecule has 5 nitrogen and oxygen atoms in total. The molecule has 0 unspecified atom stereocenters. The number of hydrogen-bond donors (Lipinski definition) is 3. The maximum atomic E-state index is 9.76. The van der Waals surface area contributed by atoms with Crippen LogP contribution in [0.3, 0.4) is 0 Å². The van der Waals surface area contributed by atoms with Crippen LogP contribution in [0.1, 0.15) is 0 Å². The number of phenols is 1. The van der Waals surface area contributed by atoms with Gasteiger partial charge in [-0.3, -0.25) is 0 Å². The number of H-pyrrole nitrogens is 1. The van der Waals surface area contributed by atoms with Crippen molar-refractivity contribution in [2.45, 2.75) is 0 Å². The lowest BCUT2D eigenvalue weighted by atomic mass is 10.2. The van der Waals surface area contributed by atoms with Gasteiger partial charge in [-0.2, -0.15) is 0 Å². The van der Waals surface area contributed by atoms with Crippen LogP contribution in [-0.2, 0) is 0 Å². The van der Waals surface area contributed by atoms with Gasteiger partial charge in [0, 0.05) is 11.3 Å². The van der Waals surface area contributed by atoms with E-state index in [0.717, 1.165) is 48.9 Å². The molecule has 0 saturated heterocycles. The zero-order valence-corrected chi connectivity index (χ0v) is 17.9. The number of fused-ring (bicyclic) bond motifs is 2. The average molecular weight is 437 g/mol. The minimum absolute atomic E-state index is 0.279. The summed E-state index contributed by atoms with van der Waals surface area (Å²) in [5.74, 6) is 1.10. The first kappa shape index (κ1) is 19.8. The Kier molecular flexibility index (Phi) is 5.27. The lowest BCUT2D eigenvalue weighted by molar-refractivity contribution is 0.477. The molecule has 0 fully saturated rings. The van der Waals surface area contributed by atoms with E-state index in [4.69, 9.17) is 5.73 Å². The number of para-hydroxylation sites is 5. The number of hydrogen-bond acceptors (Lipinski definition) is 5. The number of aromatic hydroxyl groups is 1. The van der Waals surface area contributed by atoms with Gasteiger partial charge in [0.05, 0.1) is 26.8 Å². The number of nitrogens with zero attached hydrogens (tertiary/aromatic N) is 2. The second-order valence-corrected chi connectivity index (χ2v) is 8.22. The zero-order chi connectivity index (χ0) is 21.9. The molecule has 2 heterocycles. The van der Waals surface area contributed by atoms with E-state index in [1.54, 1.807) is 17.4 Å². The van der Waals surface area contributed by atoms with Gasteiger partial charge in [-0.1, -0.05) is 48.5 Å². The van der Waals surface area contributed by atoms with Gasteiger partial charge in [0.1, 0.15) is 16.6 Å². The van der Waals surface area contributed by atoms with Crippen molar-refractivity contribution in [2.24, 2.45) is 0 Å². The number of aromatic nitrogens is 3. The van der Waals surface area contributed by atoms with E-state index in [0.29, 0.717) is 0 Å². The molecule has 0 aliphatic carbocycles. The lowest BCUT2D eigenvalue weighted by Crippen LogP contribution is -1.90. The highest BCUT2D eigenvalue weighted by molar-refractivity contribution is 7.21. The van der Waals surface area contributed by atoms with Gasteiger partial charge in [-0.25, -0.2) is 9.97 Å². The number of nitrogens with one attached hydrogen (secondary N) is 1. The fourth-order valence-electron chi connectivity index (χ4n) is 3.43. The number of thiazole rings is 1. The van der Waals surface area contributed by atoms with Crippen LogP contribution in [-0.4, -0.2) is 20.1 Å². The molecule has 0 aliphatic rings. The number of nitrogens with two attached hydrogens (primary N) is 1. The quantitative estimate of drug-likeness (QED) is 0.271. The smallest absolute Gasteiger partial charge is 0.140 e. The highest BCUT2D eigenvalue weighted by Gasteiger charge is 2.09. The van der Waals surface area contributed by atoms with Gasteiger partial charge >= 0.3 is 0 Å². The number of aromatic amines is 1. The van der Waals surface area contributed by atoms with Crippen LogP contribution < -0.4 is 5.73 Å². The highest BCUT2D eigenvalue weighted by atomic mass is 32.1. The lowest BCUT2D eigenvalue weighted by Gasteiger charge is -2.00. The van der Waals surface area contributed by atoms with Crippen LogP contribution >= 0.6 is 11.3 Å². The van der Waals surface area contributed by atoms with E-state index in [9.17, 15) is 5.11 Å². The number of anilines is 1. The summed E-state index contributed by atoms with van der Waals surface area (Å²) < 4.78 is 1.14. The average Bonchev–Trinajstić information content (AvgIpc) is 3.44. The molecule has 0 radical (unpaired) electrons. The molecule has 2 aromatic heterocycles. The minimum Gasteiger partial charge on any atom is -0.507 e. The maximum absolute atomic E-state index is 9.76. The van der Waals surface area contributed by atoms with Crippen molar-refractivity contribution < 1.29 is 5.11 Å². The standard InChI is InChI=1S/C13H11N3.C13H9NOS/c14-10-6-2-1-5-9(10)13-15-11-7-3-4-8-12(11)16-13;15-11-7-3-1-5-9(11)13-14-10-6-2-4-8-12(10)16-13/h1-8H,14H2,(H,15,16);1-8,15H. The number of phenolic OH excluding ortho intramolecular Hbond substituents is 1. The molecule has 4 aromatic carbocycles. The first-order chi connectivity index (χ1) is 15.7. The van der Waals surface area contributed by atoms with Crippen molar-refractivity contribution in [1.29, 1.82) is 0 Å². The van der Waals surface area contributed by atoms with Crippen molar-refractivity contribution in [3.63, 3.8) is 0 Å². The molecule has 6 aromatic rings. The number of imidazole rings is 1. The van der Waals surface area contributed by atoms with Crippen molar-refractivity contribution in [3.8, 4) is 27.7 Å². The first-order valence-electron chi connectivity index (χ1n) is 10.1. The van der Waals surface area contributed by atoms with Gasteiger partial charge in [0.2, 0.25) is 0 Å². The van der Waals surface area contributed by atoms with Crippen molar-refractivity contribution in [3.05, 3.63) is 97.1 Å². The normalized spacial score (nSPS) is 10.8. The first-order valence-corrected chi connectivity index (χ1v) is 10.9. The van der Waals surface area contributed by atoms with E-state index in [1.807, 2.05) is 91.0 Å². The molecule has 0 amide bonds. The summed E-state index contributed by atoms with van der Waals surface area (Å²) in [5.41, 5.74) is 11.4. The summed E-state index contributed by atoms with van der Waals surface area (Å²) in [5, 5.41) is 10.6. The van der Waals surface area contributed by atoms with Gasteiger partial charge in [-0.15, -0.1) is 11.3 Å². The molecule has 32 heavy (non-hydrogen) atoms. The van der Waals surface area contributed by atoms with E-state index in [2.05, 4.69) is 15.0 Å². The predicted octanol–water partition coefficient (Wildman–Crippen LogP) is 6.48. The molecular weight excluding hydrogens is 416 g/mol. The molecule has 0 atom stereocenters. The summed E-state index contributed by atoms with van der Waals surface area (Å²) in [4.78, 5) is 12.3. The molecule has 0 spiro atoms. The van der Waals surface area contributed by atoms with Gasteiger partial charge in [0.25, 0.3) is 0 Å². The molecule has 0 saturated carbocycles. The van der Waals surface area contributed by atoms with E-state index >= 15 is 0 Å². The fraction of sp³-hybridized carbons (Fsp3) is 0. The third-order valence-electron chi connectivity index (χ3n) is 5.03. The fourth-order valence-corrected chi connectivity index (χ4v) is 4.43. The Morgan fingerprint density at radius 3 is 2.09 bits per heavy atom. The monoisotopic (exact) mass is 436 g/mol. The maximum Gasteiger partial charge on any atom is 0.140 e. The SMILES string of the molecule is Nc1ccccc1-c1nc2ccccc2[nH]1.Oc1ccccc1-c1nc2ccccc2s1. The molecule has 4 N–H and O–H groups in total. The summed E-state index contributed by atoms with van der Waals surface area (Å²) in [7, 11) is 0. The van der Waals surface area contributed by atoms with E-state index in [1.165, 1.54) is 0 Å². The van der Waals surface area contributed by atoms with Crippen LogP contribution in [0.25, 0.3) is 43.2 Å². The third-order valence-corrected chi connectivity index (χ3v) is 6.10. The Bertz CT molecular complexity index is 1340. The Labute approximate surface area is 188 Å². The number of rotatable bonds is 2. The Morgan fingerprint density at radius 1 is 0.688 bits per heavy atom. The summed E-state index contributed by atoms with van der Waals surface area (Å²) in [6.07, 6.45) is 0. The van der Waals surface area contributed by atoms with Crippen LogP contribution in [0.4, 0.5) is 5.69 Å². The Morgan fingerprint density at radius 2 is 1.34 bits per heavy atom. The summed E-state index contributed by atoms with van der Waals surface area (Å²) in [6.45, 7) is 0. The van der Waals surface area contributed by atoms with Crippen molar-refractivity contribution in [2.75, 3.05) is 5.73 Å². The van der Waals surface area contributed by atoms with Crippen LogP contribution in [0.2, 0.25) is 0 Å². The highest BCUT2D eigenvalue weighted by Crippen LogP contribution is 2.34. The molecule has 0 bridgehead atoms. The van der Waals surface area contributed by atoms with Crippen LogP contribution in [0, 0.1) is 0 Å². The van der Waals surface area contributed by atoms with Gasteiger partial charge < -0.3 is 15.8 Å². The topological polar surface area (TPSA) is 87.8 Å². The predicted molar refractivity (Wildman–Crippen MR) is 133 cm³/mol. The van der Waals surface area contributed by atoms with E-state index in [-0.39, 0.29) is 5.75 Å². The van der Waals surface area contributed by atoms with Gasteiger partial charge in [0.15, 0.2) is 0 Å². The van der Waals surface area contributed by atoms with Crippen LogP contribution in [0.5, 0.6) is 5.75 Å². The van der Waals surface area contributed by atoms with E-state index < -0.39 is 0 Å². The molecule has 156 valence electrons. The minimum atomic E-state index is 0.279. The Balaban J connectivity index is 0.000000135. The second kappa shape index (κ2) is 8.53. The molecular formula is C26H20N4OS.